The van der Waals surface area contributed by atoms with Crippen molar-refractivity contribution >= 4 is 23.0 Å². The van der Waals surface area contributed by atoms with Gasteiger partial charge in [0.15, 0.2) is 0 Å². The Kier molecular flexibility index (Phi) is 8.50. The Bertz CT molecular complexity index is 2390. The number of ether oxygens (including phenoxy) is 1. The number of carbonyl (C=O) groups excluding carboxylic acids is 2. The van der Waals surface area contributed by atoms with E-state index in [4.69, 9.17) is 9.72 Å². The van der Waals surface area contributed by atoms with Crippen molar-refractivity contribution in [2.45, 2.75) is 74.9 Å². The second-order valence-electron chi connectivity index (χ2n) is 15.6. The number of hydrogen-bond donors (Lipinski definition) is 4. The van der Waals surface area contributed by atoms with Gasteiger partial charge in [-0.15, -0.1) is 0 Å². The fourth-order valence-corrected chi connectivity index (χ4v) is 9.87. The SMILES string of the molecule is COC(=O)N[C@H](C(=O)N1CCC[C@H]1c1nc2cc(-c3ccc(-c4ccc(-c5cnc([C@@H]6CCCN6)[nH]5)cc4)c4c3C3CCC4C3)ccc2[nH]1)c1ccccc1. The molecular weight excluding hydrogens is 687 g/mol. The summed E-state index contributed by atoms with van der Waals surface area (Å²) in [6.45, 7) is 1.64. The van der Waals surface area contributed by atoms with Crippen molar-refractivity contribution < 1.29 is 14.3 Å². The molecule has 2 aliphatic carbocycles. The predicted octanol–water partition coefficient (Wildman–Crippen LogP) is 8.84. The van der Waals surface area contributed by atoms with Gasteiger partial charge in [0.05, 0.1) is 42.1 Å². The number of H-pyrrole nitrogens is 2. The zero-order valence-corrected chi connectivity index (χ0v) is 31.0. The summed E-state index contributed by atoms with van der Waals surface area (Å²) in [5.74, 6) is 2.79. The molecule has 2 aromatic heterocycles. The monoisotopic (exact) mass is 731 g/mol. The number of aromatic nitrogens is 4. The molecule has 5 atom stereocenters. The standard InChI is InChI=1S/C45H45N7O3/c1-55-45(54)51-41(28-7-3-2-4-8-28)44(53)52-22-6-10-38(52)43-48-34-20-17-29(24-36(34)49-43)33-19-18-32(39-30-15-16-31(23-30)40(33)39)26-11-13-27(14-12-26)37-25-47-42(50-37)35-9-5-21-46-35/h2-4,7-8,11-14,17-20,24-25,30-31,35,38,41,46H,5-6,9-10,15-16,21-23H2,1H3,(H,47,50)(H,48,49)(H,51,54)/t30?,31?,35-,38-,41-/m0/s1. The summed E-state index contributed by atoms with van der Waals surface area (Å²) < 4.78 is 4.88. The lowest BCUT2D eigenvalue weighted by Gasteiger charge is -2.28. The fourth-order valence-electron chi connectivity index (χ4n) is 9.87. The molecule has 2 saturated heterocycles. The average Bonchev–Trinajstić information content (AvgIpc) is 4.09. The van der Waals surface area contributed by atoms with Crippen molar-refractivity contribution in [2.75, 3.05) is 20.2 Å². The minimum absolute atomic E-state index is 0.173. The molecule has 278 valence electrons. The third kappa shape index (κ3) is 5.99. The smallest absolute Gasteiger partial charge is 0.407 e. The molecule has 3 fully saturated rings. The number of carbonyl (C=O) groups is 2. The number of methoxy groups -OCH3 is 1. The number of benzene rings is 4. The van der Waals surface area contributed by atoms with E-state index in [0.717, 1.165) is 59.7 Å². The Morgan fingerprint density at radius 3 is 2.31 bits per heavy atom. The molecule has 2 unspecified atom stereocenters. The van der Waals surface area contributed by atoms with E-state index in [2.05, 4.69) is 80.2 Å². The van der Waals surface area contributed by atoms with E-state index >= 15 is 0 Å². The lowest BCUT2D eigenvalue weighted by molar-refractivity contribution is -0.134. The third-order valence-corrected chi connectivity index (χ3v) is 12.5. The van der Waals surface area contributed by atoms with Gasteiger partial charge in [0, 0.05) is 6.54 Å². The van der Waals surface area contributed by atoms with Gasteiger partial charge in [0.2, 0.25) is 0 Å². The van der Waals surface area contributed by atoms with Gasteiger partial charge in [0.25, 0.3) is 5.91 Å². The van der Waals surface area contributed by atoms with Crippen LogP contribution >= 0.6 is 0 Å². The molecule has 0 radical (unpaired) electrons. The van der Waals surface area contributed by atoms with Crippen LogP contribution in [0.4, 0.5) is 4.79 Å². The molecule has 10 nitrogen and oxygen atoms in total. The van der Waals surface area contributed by atoms with Gasteiger partial charge < -0.3 is 30.2 Å². The quantitative estimate of drug-likeness (QED) is 0.124. The van der Waals surface area contributed by atoms with Crippen LogP contribution in [-0.4, -0.2) is 57.0 Å². The molecule has 6 aromatic rings. The summed E-state index contributed by atoms with van der Waals surface area (Å²) in [5.41, 5.74) is 12.9. The van der Waals surface area contributed by atoms with Gasteiger partial charge in [-0.2, -0.15) is 0 Å². The summed E-state index contributed by atoms with van der Waals surface area (Å²) in [4.78, 5) is 45.1. The summed E-state index contributed by atoms with van der Waals surface area (Å²) in [7, 11) is 1.31. The highest BCUT2D eigenvalue weighted by Gasteiger charge is 2.41. The molecule has 4 heterocycles. The minimum atomic E-state index is -0.855. The number of alkyl carbamates (subject to hydrolysis) is 1. The number of hydrogen-bond acceptors (Lipinski definition) is 6. The van der Waals surface area contributed by atoms with Crippen LogP contribution in [0.1, 0.15) is 103 Å². The number of aromatic amines is 2. The van der Waals surface area contributed by atoms with Gasteiger partial charge in [-0.1, -0.05) is 72.8 Å². The summed E-state index contributed by atoms with van der Waals surface area (Å²) in [6.07, 6.45) is 8.99. The molecule has 1 saturated carbocycles. The number of likely N-dealkylation sites (tertiary alicyclic amines) is 1. The van der Waals surface area contributed by atoms with Crippen LogP contribution in [0.15, 0.2) is 91.1 Å². The Labute approximate surface area is 320 Å². The van der Waals surface area contributed by atoms with Crippen LogP contribution in [0.2, 0.25) is 0 Å². The Morgan fingerprint density at radius 2 is 1.56 bits per heavy atom. The van der Waals surface area contributed by atoms with Gasteiger partial charge in [0.1, 0.15) is 17.7 Å². The van der Waals surface area contributed by atoms with Crippen molar-refractivity contribution in [1.29, 1.82) is 0 Å². The average molecular weight is 732 g/mol. The van der Waals surface area contributed by atoms with Crippen molar-refractivity contribution in [3.05, 3.63) is 119 Å². The van der Waals surface area contributed by atoms with E-state index in [1.807, 2.05) is 41.4 Å². The lowest BCUT2D eigenvalue weighted by atomic mass is 9.81. The van der Waals surface area contributed by atoms with E-state index in [1.165, 1.54) is 66.2 Å². The second kappa shape index (κ2) is 13.8. The summed E-state index contributed by atoms with van der Waals surface area (Å²) in [6, 6.07) is 28.8. The maximum Gasteiger partial charge on any atom is 0.407 e. The van der Waals surface area contributed by atoms with Crippen molar-refractivity contribution in [1.82, 2.24) is 35.5 Å². The molecule has 4 aliphatic rings. The fraction of sp³-hybridized carbons (Fsp3) is 0.333. The molecule has 55 heavy (non-hydrogen) atoms. The molecular formula is C45H45N7O3. The van der Waals surface area contributed by atoms with E-state index in [-0.39, 0.29) is 11.9 Å². The Balaban J connectivity index is 0.936. The zero-order chi connectivity index (χ0) is 37.0. The number of nitrogens with one attached hydrogen (secondary N) is 4. The van der Waals surface area contributed by atoms with E-state index in [9.17, 15) is 9.59 Å². The van der Waals surface area contributed by atoms with Gasteiger partial charge in [-0.25, -0.2) is 14.8 Å². The van der Waals surface area contributed by atoms with Crippen molar-refractivity contribution in [3.63, 3.8) is 0 Å². The van der Waals surface area contributed by atoms with Crippen LogP contribution in [0, 0.1) is 0 Å². The Morgan fingerprint density at radius 1 is 0.818 bits per heavy atom. The molecule has 4 aromatic carbocycles. The van der Waals surface area contributed by atoms with Gasteiger partial charge in [-0.05, 0) is 120 Å². The topological polar surface area (TPSA) is 128 Å². The number of imidazole rings is 2. The van der Waals surface area contributed by atoms with E-state index in [0.29, 0.717) is 30.0 Å². The molecule has 10 rings (SSSR count). The first-order valence-electron chi connectivity index (χ1n) is 19.8. The highest BCUT2D eigenvalue weighted by atomic mass is 16.5. The van der Waals surface area contributed by atoms with E-state index in [1.54, 1.807) is 0 Å². The number of nitrogens with zero attached hydrogens (tertiary/aromatic N) is 3. The summed E-state index contributed by atoms with van der Waals surface area (Å²) >= 11 is 0. The maximum atomic E-state index is 14.1. The first-order chi connectivity index (χ1) is 27.0. The number of amides is 2. The molecule has 2 aliphatic heterocycles. The molecule has 10 heteroatoms. The van der Waals surface area contributed by atoms with Gasteiger partial charge in [-0.3, -0.25) is 4.79 Å². The van der Waals surface area contributed by atoms with Crippen LogP contribution in [0.25, 0.3) is 44.5 Å². The largest absolute Gasteiger partial charge is 0.453 e. The third-order valence-electron chi connectivity index (χ3n) is 12.5. The van der Waals surface area contributed by atoms with Crippen LogP contribution in [0.3, 0.4) is 0 Å². The van der Waals surface area contributed by atoms with Crippen LogP contribution < -0.4 is 10.6 Å². The first-order valence-corrected chi connectivity index (χ1v) is 19.8. The maximum absolute atomic E-state index is 14.1. The zero-order valence-electron chi connectivity index (χ0n) is 31.0. The number of fused-ring (bicyclic) bond motifs is 6. The number of rotatable bonds is 8. The van der Waals surface area contributed by atoms with Crippen LogP contribution in [-0.2, 0) is 9.53 Å². The highest BCUT2D eigenvalue weighted by molar-refractivity contribution is 5.89. The minimum Gasteiger partial charge on any atom is -0.453 e. The highest BCUT2D eigenvalue weighted by Crippen LogP contribution is 2.58. The lowest BCUT2D eigenvalue weighted by Crippen LogP contribution is -2.42. The second-order valence-corrected chi connectivity index (χ2v) is 15.6. The van der Waals surface area contributed by atoms with Gasteiger partial charge >= 0.3 is 6.09 Å². The van der Waals surface area contributed by atoms with Crippen LogP contribution in [0.5, 0.6) is 0 Å². The van der Waals surface area contributed by atoms with Crippen molar-refractivity contribution in [2.24, 2.45) is 0 Å². The van der Waals surface area contributed by atoms with Crippen molar-refractivity contribution in [3.8, 4) is 33.5 Å². The molecule has 2 amide bonds. The Hall–Kier alpha value is -5.74. The molecule has 2 bridgehead atoms. The summed E-state index contributed by atoms with van der Waals surface area (Å²) in [5, 5.41) is 6.30. The first kappa shape index (κ1) is 33.8. The predicted molar refractivity (Wildman–Crippen MR) is 212 cm³/mol. The molecule has 0 spiro atoms. The normalized spacial score (nSPS) is 21.9. The van der Waals surface area contributed by atoms with E-state index < -0.39 is 12.1 Å². The molecule has 4 N–H and O–H groups in total.